The van der Waals surface area contributed by atoms with Crippen molar-refractivity contribution >= 4 is 11.8 Å². The molecule has 0 saturated carbocycles. The van der Waals surface area contributed by atoms with Gasteiger partial charge in [-0.25, -0.2) is 0 Å². The van der Waals surface area contributed by atoms with Gasteiger partial charge < -0.3 is 4.74 Å². The van der Waals surface area contributed by atoms with Crippen LogP contribution < -0.4 is 0 Å². The fourth-order valence-electron chi connectivity index (χ4n) is 1.69. The van der Waals surface area contributed by atoms with Crippen LogP contribution in [-0.2, 0) is 9.53 Å². The first-order chi connectivity index (χ1) is 8.02. The highest BCUT2D eigenvalue weighted by atomic mass is 16.5. The molecule has 0 N–H and O–H groups in total. The molecule has 17 heavy (non-hydrogen) atoms. The van der Waals surface area contributed by atoms with Gasteiger partial charge in [-0.1, -0.05) is 30.7 Å². The predicted molar refractivity (Wildman–Crippen MR) is 65.9 cm³/mol. The number of carbonyl (C=O) groups excluding carboxylic acids is 2. The van der Waals surface area contributed by atoms with Crippen molar-refractivity contribution in [1.82, 2.24) is 0 Å². The van der Waals surface area contributed by atoms with E-state index in [0.29, 0.717) is 12.0 Å². The molecule has 1 rings (SSSR count). The highest BCUT2D eigenvalue weighted by Gasteiger charge is 2.14. The maximum absolute atomic E-state index is 11.9. The van der Waals surface area contributed by atoms with E-state index in [4.69, 9.17) is 0 Å². The van der Waals surface area contributed by atoms with E-state index in [1.165, 1.54) is 7.11 Å². The lowest BCUT2D eigenvalue weighted by atomic mass is 9.96. The van der Waals surface area contributed by atoms with Crippen molar-refractivity contribution < 1.29 is 14.3 Å². The van der Waals surface area contributed by atoms with Gasteiger partial charge in [0, 0.05) is 18.4 Å². The van der Waals surface area contributed by atoms with E-state index in [2.05, 4.69) is 4.74 Å². The number of methoxy groups -OCH3 is 1. The Kier molecular flexibility index (Phi) is 4.88. The molecule has 0 spiro atoms. The average molecular weight is 234 g/mol. The summed E-state index contributed by atoms with van der Waals surface area (Å²) in [5.41, 5.74) is 1.78. The van der Waals surface area contributed by atoms with Gasteiger partial charge in [0.25, 0.3) is 0 Å². The van der Waals surface area contributed by atoms with Crippen LogP contribution in [0.25, 0.3) is 0 Å². The lowest BCUT2D eigenvalue weighted by molar-refractivity contribution is -0.141. The lowest BCUT2D eigenvalue weighted by Gasteiger charge is -2.09. The monoisotopic (exact) mass is 234 g/mol. The first-order valence-corrected chi connectivity index (χ1v) is 5.69. The third kappa shape index (κ3) is 4.39. The Balaban J connectivity index is 2.57. The summed E-state index contributed by atoms with van der Waals surface area (Å²) < 4.78 is 4.58. The zero-order chi connectivity index (χ0) is 12.8. The van der Waals surface area contributed by atoms with Crippen molar-refractivity contribution in [3.63, 3.8) is 0 Å². The minimum Gasteiger partial charge on any atom is -0.469 e. The first kappa shape index (κ1) is 13.4. The number of benzene rings is 1. The molecular formula is C14H18O3. The number of rotatable bonds is 5. The number of esters is 1. The topological polar surface area (TPSA) is 43.4 Å². The molecule has 0 aliphatic carbocycles. The summed E-state index contributed by atoms with van der Waals surface area (Å²) in [6.07, 6.45) is 0.659. The zero-order valence-electron chi connectivity index (χ0n) is 10.5. The van der Waals surface area contributed by atoms with Crippen molar-refractivity contribution in [2.24, 2.45) is 5.92 Å². The molecule has 1 atom stereocenters. The van der Waals surface area contributed by atoms with Crippen LogP contribution in [0, 0.1) is 12.8 Å². The van der Waals surface area contributed by atoms with E-state index >= 15 is 0 Å². The molecule has 0 heterocycles. The third-order valence-corrected chi connectivity index (χ3v) is 2.62. The second-order valence-corrected chi connectivity index (χ2v) is 4.38. The van der Waals surface area contributed by atoms with Crippen molar-refractivity contribution in [1.29, 1.82) is 0 Å². The van der Waals surface area contributed by atoms with Crippen molar-refractivity contribution in [3.05, 3.63) is 35.4 Å². The van der Waals surface area contributed by atoms with Crippen LogP contribution in [0.4, 0.5) is 0 Å². The molecule has 3 nitrogen and oxygen atoms in total. The Labute approximate surface area is 102 Å². The molecule has 0 saturated heterocycles. The van der Waals surface area contributed by atoms with Gasteiger partial charge in [-0.15, -0.1) is 0 Å². The number of ketones is 1. The van der Waals surface area contributed by atoms with Gasteiger partial charge >= 0.3 is 5.97 Å². The van der Waals surface area contributed by atoms with Crippen LogP contribution in [0.3, 0.4) is 0 Å². The Bertz CT molecular complexity index is 410. The van der Waals surface area contributed by atoms with Crippen molar-refractivity contribution in [2.45, 2.75) is 26.7 Å². The fourth-order valence-corrected chi connectivity index (χ4v) is 1.69. The molecule has 0 radical (unpaired) electrons. The van der Waals surface area contributed by atoms with E-state index < -0.39 is 0 Å². The number of hydrogen-bond donors (Lipinski definition) is 0. The van der Waals surface area contributed by atoms with Crippen LogP contribution in [0.5, 0.6) is 0 Å². The molecule has 0 fully saturated rings. The van der Waals surface area contributed by atoms with Gasteiger partial charge in [-0.05, 0) is 18.9 Å². The SMILES string of the molecule is COC(=O)C[C@@H](C)CC(=O)c1cccc(C)c1. The molecule has 0 unspecified atom stereocenters. The minimum absolute atomic E-state index is 0.00969. The molecule has 0 amide bonds. The third-order valence-electron chi connectivity index (χ3n) is 2.62. The first-order valence-electron chi connectivity index (χ1n) is 5.69. The number of carbonyl (C=O) groups is 2. The summed E-state index contributed by atoms with van der Waals surface area (Å²) in [4.78, 5) is 23.0. The van der Waals surface area contributed by atoms with Gasteiger partial charge in [-0.3, -0.25) is 9.59 Å². The molecule has 0 bridgehead atoms. The maximum atomic E-state index is 11.9. The van der Waals surface area contributed by atoms with Crippen LogP contribution in [0.2, 0.25) is 0 Å². The fraction of sp³-hybridized carbons (Fsp3) is 0.429. The summed E-state index contributed by atoms with van der Waals surface area (Å²) in [6.45, 7) is 3.83. The average Bonchev–Trinajstić information content (AvgIpc) is 2.28. The summed E-state index contributed by atoms with van der Waals surface area (Å²) in [7, 11) is 1.36. The number of ether oxygens (including phenoxy) is 1. The van der Waals surface area contributed by atoms with E-state index in [1.54, 1.807) is 6.07 Å². The van der Waals surface area contributed by atoms with Gasteiger partial charge in [0.15, 0.2) is 5.78 Å². The quantitative estimate of drug-likeness (QED) is 0.581. The molecule has 0 aliphatic rings. The van der Waals surface area contributed by atoms with E-state index in [-0.39, 0.29) is 24.1 Å². The second kappa shape index (κ2) is 6.18. The minimum atomic E-state index is -0.269. The molecule has 3 heteroatoms. The Morgan fingerprint density at radius 3 is 2.59 bits per heavy atom. The smallest absolute Gasteiger partial charge is 0.305 e. The highest BCUT2D eigenvalue weighted by molar-refractivity contribution is 5.96. The molecule has 0 aromatic heterocycles. The summed E-state index contributed by atoms with van der Waals surface area (Å²) >= 11 is 0. The van der Waals surface area contributed by atoms with Crippen molar-refractivity contribution in [3.8, 4) is 0 Å². The van der Waals surface area contributed by atoms with E-state index in [9.17, 15) is 9.59 Å². The van der Waals surface area contributed by atoms with Crippen LogP contribution >= 0.6 is 0 Å². The Hall–Kier alpha value is -1.64. The van der Waals surface area contributed by atoms with Gasteiger partial charge in [0.05, 0.1) is 7.11 Å². The maximum Gasteiger partial charge on any atom is 0.305 e. The molecule has 1 aromatic rings. The van der Waals surface area contributed by atoms with Crippen LogP contribution in [-0.4, -0.2) is 18.9 Å². The normalized spacial score (nSPS) is 11.9. The standard InChI is InChI=1S/C14H18O3/c1-10-5-4-6-12(7-10)13(15)8-11(2)9-14(16)17-3/h4-7,11H,8-9H2,1-3H3/t11-/m0/s1. The number of aryl methyl sites for hydroxylation is 1. The Morgan fingerprint density at radius 2 is 2.00 bits per heavy atom. The lowest BCUT2D eigenvalue weighted by Crippen LogP contribution is -2.11. The largest absolute Gasteiger partial charge is 0.469 e. The summed E-state index contributed by atoms with van der Waals surface area (Å²) in [6, 6.07) is 7.50. The predicted octanol–water partition coefficient (Wildman–Crippen LogP) is 2.77. The molecular weight excluding hydrogens is 216 g/mol. The van der Waals surface area contributed by atoms with Gasteiger partial charge in [-0.2, -0.15) is 0 Å². The van der Waals surface area contributed by atoms with Gasteiger partial charge in [0.1, 0.15) is 0 Å². The van der Waals surface area contributed by atoms with E-state index in [1.807, 2.05) is 32.0 Å². The Morgan fingerprint density at radius 1 is 1.29 bits per heavy atom. The summed E-state index contributed by atoms with van der Waals surface area (Å²) in [5.74, 6) is -0.185. The van der Waals surface area contributed by atoms with Crippen LogP contribution in [0.1, 0.15) is 35.7 Å². The zero-order valence-corrected chi connectivity index (χ0v) is 10.5. The van der Waals surface area contributed by atoms with Gasteiger partial charge in [0.2, 0.25) is 0 Å². The number of hydrogen-bond acceptors (Lipinski definition) is 3. The van der Waals surface area contributed by atoms with Crippen molar-refractivity contribution in [2.75, 3.05) is 7.11 Å². The van der Waals surface area contributed by atoms with Crippen LogP contribution in [0.15, 0.2) is 24.3 Å². The molecule has 1 aromatic carbocycles. The summed E-state index contributed by atoms with van der Waals surface area (Å²) in [5, 5.41) is 0. The second-order valence-electron chi connectivity index (χ2n) is 4.38. The number of Topliss-reactive ketones (excluding diaryl/α,β-unsaturated/α-hetero) is 1. The van der Waals surface area contributed by atoms with E-state index in [0.717, 1.165) is 5.56 Å². The molecule has 0 aliphatic heterocycles. The highest BCUT2D eigenvalue weighted by Crippen LogP contribution is 2.14. The molecule has 92 valence electrons.